The molecule has 1 aliphatic rings. The number of amides is 1. The molecule has 150 valence electrons. The van der Waals surface area contributed by atoms with Crippen molar-refractivity contribution in [1.82, 2.24) is 9.80 Å². The molecule has 1 aliphatic heterocycles. The first-order valence-corrected chi connectivity index (χ1v) is 9.86. The van der Waals surface area contributed by atoms with E-state index in [1.165, 1.54) is 12.1 Å². The van der Waals surface area contributed by atoms with Crippen LogP contribution in [0.3, 0.4) is 0 Å². The van der Waals surface area contributed by atoms with E-state index in [9.17, 15) is 9.18 Å². The lowest BCUT2D eigenvalue weighted by Crippen LogP contribution is -2.45. The van der Waals surface area contributed by atoms with E-state index in [2.05, 4.69) is 24.8 Å². The van der Waals surface area contributed by atoms with Crippen molar-refractivity contribution in [2.75, 3.05) is 20.2 Å². The van der Waals surface area contributed by atoms with Crippen molar-refractivity contribution >= 4 is 5.91 Å². The lowest BCUT2D eigenvalue weighted by molar-refractivity contribution is -0.134. The number of hydrogen-bond donors (Lipinski definition) is 0. The van der Waals surface area contributed by atoms with Crippen LogP contribution in [0.5, 0.6) is 5.75 Å². The number of carbonyl (C=O) groups excluding carboxylic acids is 1. The Kier molecular flexibility index (Phi) is 6.68. The predicted octanol–water partition coefficient (Wildman–Crippen LogP) is 4.09. The monoisotopic (exact) mass is 384 g/mol. The number of nitrogens with zero attached hydrogens (tertiary/aromatic N) is 2. The smallest absolute Gasteiger partial charge is 0.224 e. The SMILES string of the molecule is COc1ccccc1CN1CCC(=O)N(Cc2ccc(F)cc2)[C@H](C(C)C)C1. The van der Waals surface area contributed by atoms with Gasteiger partial charge in [-0.3, -0.25) is 9.69 Å². The summed E-state index contributed by atoms with van der Waals surface area (Å²) in [5, 5.41) is 0. The van der Waals surface area contributed by atoms with Gasteiger partial charge in [0.2, 0.25) is 5.91 Å². The van der Waals surface area contributed by atoms with Crippen LogP contribution in [0.25, 0.3) is 0 Å². The average Bonchev–Trinajstić information content (AvgIpc) is 2.84. The van der Waals surface area contributed by atoms with Gasteiger partial charge in [0.15, 0.2) is 0 Å². The zero-order valence-electron chi connectivity index (χ0n) is 16.9. The summed E-state index contributed by atoms with van der Waals surface area (Å²) in [5.41, 5.74) is 2.09. The van der Waals surface area contributed by atoms with Gasteiger partial charge in [0.25, 0.3) is 0 Å². The molecule has 0 spiro atoms. The summed E-state index contributed by atoms with van der Waals surface area (Å²) in [6, 6.07) is 14.6. The van der Waals surface area contributed by atoms with E-state index < -0.39 is 0 Å². The van der Waals surface area contributed by atoms with Crippen molar-refractivity contribution in [2.24, 2.45) is 5.92 Å². The molecule has 0 unspecified atom stereocenters. The van der Waals surface area contributed by atoms with Gasteiger partial charge in [0, 0.05) is 44.2 Å². The standard InChI is InChI=1S/C23H29FN2O2/c1-17(2)21-16-25(15-19-6-4-5-7-22(19)28-3)13-12-23(27)26(21)14-18-8-10-20(24)11-9-18/h4-11,17,21H,12-16H2,1-3H3/t21-/m0/s1. The van der Waals surface area contributed by atoms with Gasteiger partial charge in [-0.25, -0.2) is 4.39 Å². The molecule has 0 bridgehead atoms. The van der Waals surface area contributed by atoms with Crippen molar-refractivity contribution in [3.63, 3.8) is 0 Å². The normalized spacial score (nSPS) is 18.4. The fourth-order valence-electron chi connectivity index (χ4n) is 3.82. The van der Waals surface area contributed by atoms with E-state index in [0.717, 1.165) is 36.5 Å². The quantitative estimate of drug-likeness (QED) is 0.752. The van der Waals surface area contributed by atoms with Crippen LogP contribution < -0.4 is 4.74 Å². The van der Waals surface area contributed by atoms with Gasteiger partial charge < -0.3 is 9.64 Å². The maximum Gasteiger partial charge on any atom is 0.224 e. The van der Waals surface area contributed by atoms with Gasteiger partial charge in [0.1, 0.15) is 11.6 Å². The summed E-state index contributed by atoms with van der Waals surface area (Å²) in [6.07, 6.45) is 0.486. The van der Waals surface area contributed by atoms with E-state index in [4.69, 9.17) is 4.74 Å². The first-order chi connectivity index (χ1) is 13.5. The van der Waals surface area contributed by atoms with Crippen molar-refractivity contribution in [3.8, 4) is 5.75 Å². The third kappa shape index (κ3) is 4.90. The Balaban J connectivity index is 1.78. The van der Waals surface area contributed by atoms with Crippen molar-refractivity contribution < 1.29 is 13.9 Å². The molecule has 2 aromatic carbocycles. The highest BCUT2D eigenvalue weighted by molar-refractivity contribution is 5.77. The van der Waals surface area contributed by atoms with Crippen LogP contribution in [0, 0.1) is 11.7 Å². The zero-order chi connectivity index (χ0) is 20.1. The lowest BCUT2D eigenvalue weighted by Gasteiger charge is -2.35. The number of ether oxygens (including phenoxy) is 1. The average molecular weight is 384 g/mol. The first-order valence-electron chi connectivity index (χ1n) is 9.86. The van der Waals surface area contributed by atoms with Crippen LogP contribution in [-0.4, -0.2) is 41.9 Å². The van der Waals surface area contributed by atoms with Crippen LogP contribution >= 0.6 is 0 Å². The molecule has 3 rings (SSSR count). The summed E-state index contributed by atoms with van der Waals surface area (Å²) in [5.74, 6) is 1.10. The van der Waals surface area contributed by atoms with Crippen LogP contribution in [0.15, 0.2) is 48.5 Å². The Hall–Kier alpha value is -2.40. The van der Waals surface area contributed by atoms with Crippen molar-refractivity contribution in [1.29, 1.82) is 0 Å². The molecule has 1 heterocycles. The highest BCUT2D eigenvalue weighted by atomic mass is 19.1. The summed E-state index contributed by atoms with van der Waals surface area (Å²) < 4.78 is 18.7. The number of halogens is 1. The minimum Gasteiger partial charge on any atom is -0.496 e. The molecule has 5 heteroatoms. The third-order valence-corrected chi connectivity index (χ3v) is 5.43. The zero-order valence-corrected chi connectivity index (χ0v) is 16.9. The molecule has 2 aromatic rings. The van der Waals surface area contributed by atoms with Gasteiger partial charge in [0.05, 0.1) is 7.11 Å². The molecule has 0 aliphatic carbocycles. The van der Waals surface area contributed by atoms with Gasteiger partial charge in [-0.05, 0) is 29.7 Å². The van der Waals surface area contributed by atoms with E-state index in [1.54, 1.807) is 19.2 Å². The Labute approximate surface area is 166 Å². The van der Waals surface area contributed by atoms with Crippen LogP contribution in [-0.2, 0) is 17.9 Å². The highest BCUT2D eigenvalue weighted by Gasteiger charge is 2.31. The minimum absolute atomic E-state index is 0.106. The second-order valence-corrected chi connectivity index (χ2v) is 7.76. The Morgan fingerprint density at radius 3 is 2.50 bits per heavy atom. The molecular weight excluding hydrogens is 355 g/mol. The van der Waals surface area contributed by atoms with E-state index in [0.29, 0.717) is 18.9 Å². The van der Waals surface area contributed by atoms with Crippen molar-refractivity contribution in [3.05, 3.63) is 65.5 Å². The van der Waals surface area contributed by atoms with Gasteiger partial charge in [-0.15, -0.1) is 0 Å². The maximum absolute atomic E-state index is 13.2. The molecule has 0 radical (unpaired) electrons. The Morgan fingerprint density at radius 2 is 1.82 bits per heavy atom. The second kappa shape index (κ2) is 9.20. The fourth-order valence-corrected chi connectivity index (χ4v) is 3.82. The predicted molar refractivity (Wildman–Crippen MR) is 108 cm³/mol. The molecule has 4 nitrogen and oxygen atoms in total. The fraction of sp³-hybridized carbons (Fsp3) is 0.435. The summed E-state index contributed by atoms with van der Waals surface area (Å²) in [4.78, 5) is 17.2. The number of rotatable bonds is 6. The van der Waals surface area contributed by atoms with Crippen molar-refractivity contribution in [2.45, 2.75) is 39.4 Å². The molecule has 0 N–H and O–H groups in total. The third-order valence-electron chi connectivity index (χ3n) is 5.43. The first kappa shape index (κ1) is 20.3. The molecule has 28 heavy (non-hydrogen) atoms. The largest absolute Gasteiger partial charge is 0.496 e. The Bertz CT molecular complexity index is 791. The topological polar surface area (TPSA) is 32.8 Å². The molecule has 0 aromatic heterocycles. The van der Waals surface area contributed by atoms with Crippen LogP contribution in [0.2, 0.25) is 0 Å². The van der Waals surface area contributed by atoms with Crippen LogP contribution in [0.4, 0.5) is 4.39 Å². The van der Waals surface area contributed by atoms with E-state index in [1.807, 2.05) is 23.1 Å². The molecule has 0 saturated carbocycles. The van der Waals surface area contributed by atoms with Gasteiger partial charge in [-0.2, -0.15) is 0 Å². The molecule has 1 fully saturated rings. The van der Waals surface area contributed by atoms with E-state index in [-0.39, 0.29) is 17.8 Å². The second-order valence-electron chi connectivity index (χ2n) is 7.76. The lowest BCUT2D eigenvalue weighted by atomic mass is 10.0. The number of hydrogen-bond acceptors (Lipinski definition) is 3. The van der Waals surface area contributed by atoms with E-state index >= 15 is 0 Å². The molecule has 1 atom stereocenters. The van der Waals surface area contributed by atoms with Crippen LogP contribution in [0.1, 0.15) is 31.4 Å². The summed E-state index contributed by atoms with van der Waals surface area (Å²) in [7, 11) is 1.69. The highest BCUT2D eigenvalue weighted by Crippen LogP contribution is 2.24. The molecule has 1 amide bonds. The van der Waals surface area contributed by atoms with Gasteiger partial charge >= 0.3 is 0 Å². The Morgan fingerprint density at radius 1 is 1.11 bits per heavy atom. The molecule has 1 saturated heterocycles. The number of benzene rings is 2. The molecular formula is C23H29FN2O2. The summed E-state index contributed by atoms with van der Waals surface area (Å²) >= 11 is 0. The maximum atomic E-state index is 13.2. The minimum atomic E-state index is -0.255. The van der Waals surface area contributed by atoms with Gasteiger partial charge in [-0.1, -0.05) is 44.2 Å². The number of para-hydroxylation sites is 1. The number of carbonyl (C=O) groups is 1. The number of methoxy groups -OCH3 is 1. The summed E-state index contributed by atoms with van der Waals surface area (Å²) in [6.45, 7) is 7.11.